The van der Waals surface area contributed by atoms with Crippen molar-refractivity contribution in [2.45, 2.75) is 53.4 Å². The molecule has 0 saturated heterocycles. The van der Waals surface area contributed by atoms with Gasteiger partial charge >= 0.3 is 11.9 Å². The third kappa shape index (κ3) is 5.73. The van der Waals surface area contributed by atoms with Crippen LogP contribution in [0.1, 0.15) is 85.5 Å². The Morgan fingerprint density at radius 2 is 1.36 bits per heavy atom. The molecular formula is C29H32FNO5. The van der Waals surface area contributed by atoms with Gasteiger partial charge in [0.2, 0.25) is 0 Å². The normalized spacial score (nSPS) is 11.0. The molecule has 0 aliphatic carbocycles. The summed E-state index contributed by atoms with van der Waals surface area (Å²) in [5, 5.41) is 0. The molecule has 0 bridgehead atoms. The number of carbonyl (C=O) groups excluding carboxylic acids is 2. The van der Waals surface area contributed by atoms with Crippen molar-refractivity contribution in [3.63, 3.8) is 0 Å². The van der Waals surface area contributed by atoms with Crippen LogP contribution in [0.2, 0.25) is 0 Å². The van der Waals surface area contributed by atoms with Crippen molar-refractivity contribution < 1.29 is 28.2 Å². The van der Waals surface area contributed by atoms with Gasteiger partial charge in [0.25, 0.3) is 0 Å². The maximum absolute atomic E-state index is 14.8. The summed E-state index contributed by atoms with van der Waals surface area (Å²) >= 11 is 0. The number of esters is 2. The van der Waals surface area contributed by atoms with Crippen LogP contribution in [0.25, 0.3) is 11.1 Å². The molecule has 2 aromatic carbocycles. The Hall–Kier alpha value is -3.74. The molecule has 36 heavy (non-hydrogen) atoms. The van der Waals surface area contributed by atoms with Crippen LogP contribution >= 0.6 is 0 Å². The largest absolute Gasteiger partial charge is 0.462 e. The van der Waals surface area contributed by atoms with Gasteiger partial charge in [0.05, 0.1) is 35.7 Å². The minimum Gasteiger partial charge on any atom is -0.462 e. The predicted octanol–water partition coefficient (Wildman–Crippen LogP) is 7.28. The molecule has 0 radical (unpaired) electrons. The van der Waals surface area contributed by atoms with Gasteiger partial charge in [-0.25, -0.2) is 14.0 Å². The van der Waals surface area contributed by atoms with Crippen molar-refractivity contribution in [3.8, 4) is 22.6 Å². The highest BCUT2D eigenvalue weighted by atomic mass is 19.1. The van der Waals surface area contributed by atoms with E-state index in [1.165, 1.54) is 18.2 Å². The van der Waals surface area contributed by atoms with E-state index in [1.807, 2.05) is 33.8 Å². The molecule has 6 nitrogen and oxygen atoms in total. The number of aromatic nitrogens is 1. The summed E-state index contributed by atoms with van der Waals surface area (Å²) in [6.45, 7) is 11.4. The SMILES string of the molecule is CCOC(=O)c1c(C(C)C)nc(C(C)C)c(C(=O)OCC)c1-c1ccc(F)c(Oc2ccccc2)c1. The number of ether oxygens (including phenoxy) is 3. The van der Waals surface area contributed by atoms with E-state index in [2.05, 4.69) is 0 Å². The van der Waals surface area contributed by atoms with Crippen LogP contribution < -0.4 is 4.74 Å². The number of carbonyl (C=O) groups is 2. The molecule has 0 saturated carbocycles. The Balaban J connectivity index is 2.40. The molecule has 0 fully saturated rings. The zero-order valence-corrected chi connectivity index (χ0v) is 21.6. The first-order chi connectivity index (χ1) is 17.2. The van der Waals surface area contributed by atoms with Crippen LogP contribution in [-0.2, 0) is 9.47 Å². The molecule has 7 heteroatoms. The maximum atomic E-state index is 14.8. The summed E-state index contributed by atoms with van der Waals surface area (Å²) in [6, 6.07) is 13.1. The Kier molecular flexibility index (Phi) is 8.80. The highest BCUT2D eigenvalue weighted by Gasteiger charge is 2.32. The second kappa shape index (κ2) is 11.8. The highest BCUT2D eigenvalue weighted by Crippen LogP contribution is 2.39. The first-order valence-corrected chi connectivity index (χ1v) is 12.1. The number of hydrogen-bond donors (Lipinski definition) is 0. The van der Waals surface area contributed by atoms with Crippen LogP contribution in [-0.4, -0.2) is 30.1 Å². The van der Waals surface area contributed by atoms with Gasteiger partial charge in [0, 0.05) is 5.56 Å². The molecule has 0 spiro atoms. The minimum absolute atomic E-state index is 0.0441. The van der Waals surface area contributed by atoms with E-state index in [-0.39, 0.29) is 41.9 Å². The molecule has 0 aliphatic rings. The average Bonchev–Trinajstić information content (AvgIpc) is 2.84. The first-order valence-electron chi connectivity index (χ1n) is 12.1. The van der Waals surface area contributed by atoms with Crippen LogP contribution in [0.4, 0.5) is 4.39 Å². The molecular weight excluding hydrogens is 461 g/mol. The number of benzene rings is 2. The van der Waals surface area contributed by atoms with Crippen LogP contribution in [0.15, 0.2) is 48.5 Å². The Bertz CT molecular complexity index is 1190. The Morgan fingerprint density at radius 3 is 1.83 bits per heavy atom. The van der Waals surface area contributed by atoms with Gasteiger partial charge in [-0.1, -0.05) is 52.0 Å². The average molecular weight is 494 g/mol. The lowest BCUT2D eigenvalue weighted by Gasteiger charge is -2.23. The minimum atomic E-state index is -0.612. The standard InChI is InChI=1S/C29H32FNO5/c1-7-34-28(32)24-23(19-14-15-21(30)22(16-19)36-20-12-10-9-11-13-20)25(29(33)35-8-2)27(18(5)6)31-26(24)17(3)4/h9-18H,7-8H2,1-6H3. The summed E-state index contributed by atoms with van der Waals surface area (Å²) in [6.07, 6.45) is 0. The number of halogens is 1. The fraction of sp³-hybridized carbons (Fsp3) is 0.345. The van der Waals surface area contributed by atoms with Crippen molar-refractivity contribution in [3.05, 3.63) is 76.9 Å². The number of pyridine rings is 1. The number of rotatable bonds is 9. The second-order valence-corrected chi connectivity index (χ2v) is 8.82. The van der Waals surface area contributed by atoms with Crippen LogP contribution in [0.5, 0.6) is 11.5 Å². The van der Waals surface area contributed by atoms with Crippen molar-refractivity contribution in [2.75, 3.05) is 13.2 Å². The first kappa shape index (κ1) is 26.9. The molecule has 190 valence electrons. The number of nitrogens with zero attached hydrogens (tertiary/aromatic N) is 1. The van der Waals surface area contributed by atoms with E-state index >= 15 is 0 Å². The van der Waals surface area contributed by atoms with E-state index in [1.54, 1.807) is 38.1 Å². The third-order valence-corrected chi connectivity index (χ3v) is 5.50. The summed E-state index contributed by atoms with van der Waals surface area (Å²) in [5.74, 6) is -1.71. The van der Waals surface area contributed by atoms with E-state index in [0.29, 0.717) is 28.3 Å². The maximum Gasteiger partial charge on any atom is 0.340 e. The molecule has 0 aliphatic heterocycles. The van der Waals surface area contributed by atoms with Gasteiger partial charge in [0.15, 0.2) is 11.6 Å². The molecule has 3 aromatic rings. The van der Waals surface area contributed by atoms with Gasteiger partial charge in [-0.15, -0.1) is 0 Å². The quantitative estimate of drug-likeness (QED) is 0.292. The molecule has 1 heterocycles. The van der Waals surface area contributed by atoms with E-state index in [9.17, 15) is 14.0 Å². The van der Waals surface area contributed by atoms with Crippen molar-refractivity contribution in [1.82, 2.24) is 4.98 Å². The molecule has 1 aromatic heterocycles. The van der Waals surface area contributed by atoms with Crippen molar-refractivity contribution in [2.24, 2.45) is 0 Å². The smallest absolute Gasteiger partial charge is 0.340 e. The van der Waals surface area contributed by atoms with Gasteiger partial charge in [-0.2, -0.15) is 0 Å². The lowest BCUT2D eigenvalue weighted by atomic mass is 9.87. The predicted molar refractivity (Wildman–Crippen MR) is 136 cm³/mol. The van der Waals surface area contributed by atoms with E-state index < -0.39 is 17.8 Å². The van der Waals surface area contributed by atoms with Gasteiger partial charge in [-0.05, 0) is 55.5 Å². The Labute approximate surface area is 211 Å². The van der Waals surface area contributed by atoms with Gasteiger partial charge in [0.1, 0.15) is 5.75 Å². The lowest BCUT2D eigenvalue weighted by Crippen LogP contribution is -2.21. The number of para-hydroxylation sites is 1. The fourth-order valence-corrected chi connectivity index (χ4v) is 3.92. The van der Waals surface area contributed by atoms with Gasteiger partial charge < -0.3 is 14.2 Å². The third-order valence-electron chi connectivity index (χ3n) is 5.50. The van der Waals surface area contributed by atoms with Gasteiger partial charge in [-0.3, -0.25) is 4.98 Å². The molecule has 3 rings (SSSR count). The van der Waals surface area contributed by atoms with Crippen LogP contribution in [0, 0.1) is 5.82 Å². The lowest BCUT2D eigenvalue weighted by molar-refractivity contribution is 0.0523. The molecule has 0 N–H and O–H groups in total. The van der Waals surface area contributed by atoms with Crippen molar-refractivity contribution >= 4 is 11.9 Å². The Morgan fingerprint density at radius 1 is 0.833 bits per heavy atom. The summed E-state index contributed by atoms with van der Waals surface area (Å²) in [4.78, 5) is 31.4. The van der Waals surface area contributed by atoms with Crippen molar-refractivity contribution in [1.29, 1.82) is 0 Å². The zero-order valence-electron chi connectivity index (χ0n) is 21.6. The topological polar surface area (TPSA) is 74.7 Å². The highest BCUT2D eigenvalue weighted by molar-refractivity contribution is 6.07. The summed E-state index contributed by atoms with van der Waals surface area (Å²) < 4.78 is 31.4. The van der Waals surface area contributed by atoms with Crippen LogP contribution in [0.3, 0.4) is 0 Å². The van der Waals surface area contributed by atoms with E-state index in [0.717, 1.165) is 0 Å². The summed E-state index contributed by atoms with van der Waals surface area (Å²) in [7, 11) is 0. The monoisotopic (exact) mass is 493 g/mol. The summed E-state index contributed by atoms with van der Waals surface area (Å²) in [5.41, 5.74) is 2.03. The zero-order chi connectivity index (χ0) is 26.4. The molecule has 0 amide bonds. The molecule has 0 unspecified atom stereocenters. The molecule has 0 atom stereocenters. The number of hydrogen-bond acceptors (Lipinski definition) is 6. The fourth-order valence-electron chi connectivity index (χ4n) is 3.92. The van der Waals surface area contributed by atoms with E-state index in [4.69, 9.17) is 19.2 Å². The second-order valence-electron chi connectivity index (χ2n) is 8.82.